The van der Waals surface area contributed by atoms with Crippen LogP contribution in [0.4, 0.5) is 10.3 Å². The van der Waals surface area contributed by atoms with Crippen LogP contribution < -0.4 is 21.5 Å². The third-order valence-corrected chi connectivity index (χ3v) is 11.4. The van der Waals surface area contributed by atoms with Crippen LogP contribution in [0.3, 0.4) is 0 Å². The van der Waals surface area contributed by atoms with Crippen LogP contribution in [0, 0.1) is 34.9 Å². The number of ketones is 1. The van der Waals surface area contributed by atoms with Crippen LogP contribution in [-0.4, -0.2) is 50.1 Å². The number of fused-ring (bicyclic) bond motifs is 2. The maximum atomic E-state index is 14.3. The molecular formula is C32H39FN6O3. The smallest absolute Gasteiger partial charge is 0.332 e. The molecule has 6 fully saturated rings. The van der Waals surface area contributed by atoms with E-state index in [0.717, 1.165) is 50.9 Å². The van der Waals surface area contributed by atoms with E-state index in [0.29, 0.717) is 53.7 Å². The third-order valence-electron chi connectivity index (χ3n) is 11.4. The average molecular weight is 575 g/mol. The van der Waals surface area contributed by atoms with E-state index in [1.807, 2.05) is 4.57 Å². The lowest BCUT2D eigenvalue weighted by Gasteiger charge is -2.56. The quantitative estimate of drug-likeness (QED) is 0.467. The molecule has 2 aromatic heterocycles. The number of anilines is 1. The van der Waals surface area contributed by atoms with Gasteiger partial charge in [-0.2, -0.15) is 4.98 Å². The van der Waals surface area contributed by atoms with E-state index in [4.69, 9.17) is 4.98 Å². The first-order valence-corrected chi connectivity index (χ1v) is 15.7. The van der Waals surface area contributed by atoms with Gasteiger partial charge in [0.1, 0.15) is 5.82 Å². The predicted molar refractivity (Wildman–Crippen MR) is 157 cm³/mol. The zero-order valence-electron chi connectivity index (χ0n) is 24.2. The summed E-state index contributed by atoms with van der Waals surface area (Å²) in [5.74, 6) is 2.79. The molecule has 2 saturated heterocycles. The van der Waals surface area contributed by atoms with Gasteiger partial charge in [-0.15, -0.1) is 0 Å². The van der Waals surface area contributed by atoms with Gasteiger partial charge in [-0.05, 0) is 92.7 Å². The molecule has 2 aliphatic heterocycles. The monoisotopic (exact) mass is 574 g/mol. The number of Topliss-reactive ketones (excluding diaryl/α,β-unsaturated/α-hetero) is 1. The summed E-state index contributed by atoms with van der Waals surface area (Å²) in [5.41, 5.74) is 0.357. The van der Waals surface area contributed by atoms with E-state index in [-0.39, 0.29) is 29.6 Å². The highest BCUT2D eigenvalue weighted by molar-refractivity contribution is 5.85. The Hall–Kier alpha value is -3.27. The summed E-state index contributed by atoms with van der Waals surface area (Å²) in [6.45, 7) is 2.94. The van der Waals surface area contributed by atoms with Gasteiger partial charge < -0.3 is 14.8 Å². The van der Waals surface area contributed by atoms with Crippen molar-refractivity contribution in [2.24, 2.45) is 36.1 Å². The van der Waals surface area contributed by atoms with E-state index >= 15 is 0 Å². The van der Waals surface area contributed by atoms with Crippen LogP contribution in [0.15, 0.2) is 33.9 Å². The molecule has 1 aromatic carbocycles. The summed E-state index contributed by atoms with van der Waals surface area (Å²) in [6, 6.07) is 6.70. The minimum atomic E-state index is -0.484. The molecule has 0 radical (unpaired) electrons. The van der Waals surface area contributed by atoms with Crippen molar-refractivity contribution >= 4 is 22.9 Å². The van der Waals surface area contributed by atoms with Crippen molar-refractivity contribution in [3.63, 3.8) is 0 Å². The fourth-order valence-electron chi connectivity index (χ4n) is 9.68. The van der Waals surface area contributed by atoms with Crippen molar-refractivity contribution in [3.05, 3.63) is 56.5 Å². The number of aryl methyl sites for hydroxylation is 3. The SMILES string of the molecule is Cn1c(=O)n(CC(=O)C23CC4CC(CC(C4)C2)C3)c(=O)c2c1nc(N1CCC3CNCC31)n2CCc1ccc(F)cc1. The van der Waals surface area contributed by atoms with Crippen molar-refractivity contribution in [3.8, 4) is 0 Å². The number of imidazole rings is 1. The third kappa shape index (κ3) is 4.04. The first kappa shape index (κ1) is 26.4. The maximum absolute atomic E-state index is 14.3. The Labute approximate surface area is 243 Å². The van der Waals surface area contributed by atoms with Gasteiger partial charge >= 0.3 is 5.69 Å². The van der Waals surface area contributed by atoms with Crippen LogP contribution in [-0.2, 0) is 31.4 Å². The minimum Gasteiger partial charge on any atom is -0.338 e. The van der Waals surface area contributed by atoms with Gasteiger partial charge in [-0.1, -0.05) is 12.1 Å². The number of nitrogens with one attached hydrogen (secondary N) is 1. The Morgan fingerprint density at radius 1 is 1.02 bits per heavy atom. The number of hydrogen-bond donors (Lipinski definition) is 1. The Morgan fingerprint density at radius 2 is 1.71 bits per heavy atom. The van der Waals surface area contributed by atoms with Gasteiger partial charge in [0.25, 0.3) is 5.56 Å². The lowest BCUT2D eigenvalue weighted by molar-refractivity contribution is -0.144. The zero-order valence-corrected chi connectivity index (χ0v) is 24.2. The first-order valence-electron chi connectivity index (χ1n) is 15.7. The maximum Gasteiger partial charge on any atom is 0.332 e. The number of hydrogen-bond acceptors (Lipinski definition) is 6. The van der Waals surface area contributed by atoms with Crippen LogP contribution in [0.5, 0.6) is 0 Å². The van der Waals surface area contributed by atoms with Crippen LogP contribution in [0.2, 0.25) is 0 Å². The molecule has 0 spiro atoms. The predicted octanol–water partition coefficient (Wildman–Crippen LogP) is 2.86. The second-order valence-corrected chi connectivity index (χ2v) is 13.9. The molecule has 10 heteroatoms. The fraction of sp³-hybridized carbons (Fsp3) is 0.625. The van der Waals surface area contributed by atoms with E-state index < -0.39 is 11.2 Å². The molecule has 2 unspecified atom stereocenters. The summed E-state index contributed by atoms with van der Waals surface area (Å²) in [7, 11) is 1.65. The minimum absolute atomic E-state index is 0.0529. The highest BCUT2D eigenvalue weighted by Crippen LogP contribution is 2.60. The zero-order chi connectivity index (χ0) is 28.7. The molecule has 2 atom stereocenters. The van der Waals surface area contributed by atoms with E-state index in [1.165, 1.54) is 40.5 Å². The number of benzene rings is 1. The lowest BCUT2D eigenvalue weighted by atomic mass is 9.48. The van der Waals surface area contributed by atoms with Crippen molar-refractivity contribution < 1.29 is 9.18 Å². The van der Waals surface area contributed by atoms with E-state index in [9.17, 15) is 18.8 Å². The molecule has 6 aliphatic rings. The molecule has 1 N–H and O–H groups in total. The van der Waals surface area contributed by atoms with Gasteiger partial charge in [0.05, 0.1) is 6.54 Å². The Bertz CT molecular complexity index is 1650. The Kier molecular flexibility index (Phi) is 6.04. The molecular weight excluding hydrogens is 535 g/mol. The number of halogens is 1. The highest BCUT2D eigenvalue weighted by Gasteiger charge is 2.54. The van der Waals surface area contributed by atoms with Crippen molar-refractivity contribution in [2.45, 2.75) is 70.5 Å². The van der Waals surface area contributed by atoms with Crippen molar-refractivity contribution in [1.29, 1.82) is 0 Å². The second-order valence-electron chi connectivity index (χ2n) is 13.9. The van der Waals surface area contributed by atoms with Gasteiger partial charge in [0, 0.05) is 44.7 Å². The van der Waals surface area contributed by atoms with E-state index in [1.54, 1.807) is 19.2 Å². The fourth-order valence-corrected chi connectivity index (χ4v) is 9.68. The van der Waals surface area contributed by atoms with Crippen LogP contribution in [0.25, 0.3) is 11.2 Å². The molecule has 222 valence electrons. The molecule has 42 heavy (non-hydrogen) atoms. The number of carbonyl (C=O) groups excluding carboxylic acids is 1. The molecule has 3 aromatic rings. The summed E-state index contributed by atoms with van der Waals surface area (Å²) < 4.78 is 18.2. The van der Waals surface area contributed by atoms with Crippen molar-refractivity contribution in [2.75, 3.05) is 24.5 Å². The van der Waals surface area contributed by atoms with Gasteiger partial charge in [0.2, 0.25) is 5.95 Å². The first-order chi connectivity index (χ1) is 20.3. The summed E-state index contributed by atoms with van der Waals surface area (Å²) in [4.78, 5) is 49.1. The number of aromatic nitrogens is 4. The molecule has 9 nitrogen and oxygen atoms in total. The Morgan fingerprint density at radius 3 is 2.40 bits per heavy atom. The largest absolute Gasteiger partial charge is 0.338 e. The summed E-state index contributed by atoms with van der Waals surface area (Å²) >= 11 is 0. The van der Waals surface area contributed by atoms with Crippen LogP contribution >= 0.6 is 0 Å². The second kappa shape index (κ2) is 9.62. The lowest BCUT2D eigenvalue weighted by Crippen LogP contribution is -2.52. The molecule has 0 amide bonds. The van der Waals surface area contributed by atoms with Crippen LogP contribution in [0.1, 0.15) is 50.5 Å². The number of nitrogens with zero attached hydrogens (tertiary/aromatic N) is 5. The molecule has 4 aliphatic carbocycles. The van der Waals surface area contributed by atoms with Crippen molar-refractivity contribution in [1.82, 2.24) is 24.0 Å². The molecule has 4 saturated carbocycles. The molecule has 4 heterocycles. The summed E-state index contributed by atoms with van der Waals surface area (Å²) in [5, 5.41) is 3.48. The molecule has 4 bridgehead atoms. The number of carbonyl (C=O) groups is 1. The normalized spacial score (nSPS) is 31.4. The number of rotatable bonds is 7. The summed E-state index contributed by atoms with van der Waals surface area (Å²) in [6.07, 6.45) is 8.01. The Balaban J connectivity index is 1.21. The van der Waals surface area contributed by atoms with Gasteiger partial charge in [0.15, 0.2) is 16.9 Å². The van der Waals surface area contributed by atoms with Gasteiger partial charge in [-0.25, -0.2) is 9.18 Å². The topological polar surface area (TPSA) is 94.2 Å². The highest BCUT2D eigenvalue weighted by atomic mass is 19.1. The molecule has 9 rings (SSSR count). The van der Waals surface area contributed by atoms with Gasteiger partial charge in [-0.3, -0.25) is 18.7 Å². The average Bonchev–Trinajstić information content (AvgIpc) is 3.68. The van der Waals surface area contributed by atoms with E-state index in [2.05, 4.69) is 10.2 Å². The standard InChI is InChI=1S/C32H39FN6O3/c1-36-28-27(29(41)39(31(36)42)18-26(40)32-13-20-10-21(14-32)12-22(11-20)15-32)38(8-6-19-2-4-24(33)5-3-19)30(35-28)37-9-7-23-16-34-17-25(23)37/h2-5,20-23,25,34H,6-18H2,1H3.